The van der Waals surface area contributed by atoms with Crippen molar-refractivity contribution < 1.29 is 14.5 Å². The van der Waals surface area contributed by atoms with Crippen LogP contribution in [0.3, 0.4) is 0 Å². The van der Waals surface area contributed by atoms with Crippen LogP contribution < -0.4 is 0 Å². The standard InChI is InChI=1S/C12H20N4O4.ClH/c1-4-14(5-2)9-12(17)20-7-6-15-10(3)13-8-11(15)16(18)19;/h8H,4-7,9H2,1-3H3;1H. The number of hydrogen-bond acceptors (Lipinski definition) is 6. The number of rotatable bonds is 8. The average Bonchev–Trinajstić information content (AvgIpc) is 2.78. The zero-order valence-corrected chi connectivity index (χ0v) is 13.3. The van der Waals surface area contributed by atoms with Crippen LogP contribution in [0.25, 0.3) is 0 Å². The van der Waals surface area contributed by atoms with Gasteiger partial charge >= 0.3 is 11.8 Å². The maximum Gasteiger partial charge on any atom is 0.342 e. The molecule has 0 spiro atoms. The quantitative estimate of drug-likeness (QED) is 0.408. The number of carbonyl (C=O) groups excluding carboxylic acids is 1. The summed E-state index contributed by atoms with van der Waals surface area (Å²) in [5.41, 5.74) is 0. The maximum atomic E-state index is 11.6. The first-order valence-electron chi connectivity index (χ1n) is 6.54. The third kappa shape index (κ3) is 5.68. The summed E-state index contributed by atoms with van der Waals surface area (Å²) in [6.07, 6.45) is 1.20. The molecule has 0 aliphatic carbocycles. The summed E-state index contributed by atoms with van der Waals surface area (Å²) >= 11 is 0. The van der Waals surface area contributed by atoms with E-state index in [0.29, 0.717) is 5.82 Å². The number of esters is 1. The van der Waals surface area contributed by atoms with Crippen LogP contribution in [0.15, 0.2) is 6.20 Å². The van der Waals surface area contributed by atoms with Gasteiger partial charge in [0.15, 0.2) is 5.82 Å². The molecule has 0 fully saturated rings. The summed E-state index contributed by atoms with van der Waals surface area (Å²) in [6, 6.07) is 0. The van der Waals surface area contributed by atoms with Crippen molar-refractivity contribution in [3.63, 3.8) is 0 Å². The number of nitrogens with zero attached hydrogens (tertiary/aromatic N) is 4. The van der Waals surface area contributed by atoms with E-state index in [1.54, 1.807) is 6.92 Å². The Morgan fingerprint density at radius 1 is 1.48 bits per heavy atom. The highest BCUT2D eigenvalue weighted by molar-refractivity contribution is 5.85. The van der Waals surface area contributed by atoms with Gasteiger partial charge in [-0.05, 0) is 18.0 Å². The summed E-state index contributed by atoms with van der Waals surface area (Å²) < 4.78 is 6.51. The van der Waals surface area contributed by atoms with Gasteiger partial charge in [0.05, 0.1) is 6.54 Å². The van der Waals surface area contributed by atoms with E-state index < -0.39 is 4.92 Å². The Morgan fingerprint density at radius 2 is 2.10 bits per heavy atom. The number of halogens is 1. The number of hydrogen-bond donors (Lipinski definition) is 0. The van der Waals surface area contributed by atoms with Crippen molar-refractivity contribution in [2.45, 2.75) is 27.3 Å². The minimum absolute atomic E-state index is 0. The van der Waals surface area contributed by atoms with Crippen molar-refractivity contribution in [1.82, 2.24) is 14.5 Å². The van der Waals surface area contributed by atoms with E-state index >= 15 is 0 Å². The molecule has 0 aliphatic heterocycles. The Bertz CT molecular complexity index is 474. The molecule has 0 N–H and O–H groups in total. The first-order chi connectivity index (χ1) is 9.49. The van der Waals surface area contributed by atoms with Crippen LogP contribution in [0, 0.1) is 17.0 Å². The van der Waals surface area contributed by atoms with E-state index in [1.807, 2.05) is 18.7 Å². The van der Waals surface area contributed by atoms with Crippen LogP contribution in [-0.4, -0.2) is 51.6 Å². The highest BCUT2D eigenvalue weighted by atomic mass is 35.5. The van der Waals surface area contributed by atoms with Gasteiger partial charge in [0.2, 0.25) is 0 Å². The molecule has 0 aliphatic rings. The smallest absolute Gasteiger partial charge is 0.342 e. The van der Waals surface area contributed by atoms with Gasteiger partial charge < -0.3 is 14.9 Å². The maximum absolute atomic E-state index is 11.6. The Morgan fingerprint density at radius 3 is 2.62 bits per heavy atom. The molecule has 0 amide bonds. The number of aryl methyl sites for hydroxylation is 1. The van der Waals surface area contributed by atoms with E-state index in [4.69, 9.17) is 4.74 Å². The predicted molar refractivity (Wildman–Crippen MR) is 79.6 cm³/mol. The van der Waals surface area contributed by atoms with E-state index in [2.05, 4.69) is 4.98 Å². The molecule has 0 radical (unpaired) electrons. The molecule has 1 rings (SSSR count). The predicted octanol–water partition coefficient (Wildman–Crippen LogP) is 1.41. The van der Waals surface area contributed by atoms with Gasteiger partial charge in [-0.3, -0.25) is 9.69 Å². The molecule has 0 atom stereocenters. The molecule has 1 heterocycles. The summed E-state index contributed by atoms with van der Waals surface area (Å²) in [5.74, 6) is 0.105. The van der Waals surface area contributed by atoms with Crippen LogP contribution in [0.5, 0.6) is 0 Å². The van der Waals surface area contributed by atoms with Gasteiger partial charge in [-0.15, -0.1) is 12.4 Å². The Balaban J connectivity index is 0.00000400. The second-order valence-corrected chi connectivity index (χ2v) is 4.25. The average molecular weight is 321 g/mol. The number of ether oxygens (including phenoxy) is 1. The molecule has 0 aromatic carbocycles. The van der Waals surface area contributed by atoms with Crippen molar-refractivity contribution in [3.8, 4) is 0 Å². The zero-order chi connectivity index (χ0) is 15.1. The molecule has 21 heavy (non-hydrogen) atoms. The third-order valence-corrected chi connectivity index (χ3v) is 3.05. The second kappa shape index (κ2) is 9.30. The molecule has 1 aromatic rings. The highest BCUT2D eigenvalue weighted by Gasteiger charge is 2.17. The molecule has 0 saturated carbocycles. The molecule has 120 valence electrons. The minimum Gasteiger partial charge on any atom is -0.461 e. The largest absolute Gasteiger partial charge is 0.461 e. The van der Waals surface area contributed by atoms with Gasteiger partial charge in [0.1, 0.15) is 19.3 Å². The fraction of sp³-hybridized carbons (Fsp3) is 0.667. The van der Waals surface area contributed by atoms with E-state index in [-0.39, 0.29) is 43.9 Å². The third-order valence-electron chi connectivity index (χ3n) is 3.05. The molecule has 9 heteroatoms. The lowest BCUT2D eigenvalue weighted by Gasteiger charge is -2.16. The van der Waals surface area contributed by atoms with E-state index in [1.165, 1.54) is 10.8 Å². The van der Waals surface area contributed by atoms with Crippen LogP contribution in [0.1, 0.15) is 19.7 Å². The molecular weight excluding hydrogens is 300 g/mol. The van der Waals surface area contributed by atoms with Gasteiger partial charge in [0, 0.05) is 6.92 Å². The molecule has 0 saturated heterocycles. The number of nitro groups is 1. The highest BCUT2D eigenvalue weighted by Crippen LogP contribution is 2.12. The first kappa shape index (κ1) is 19.3. The molecule has 1 aromatic heterocycles. The lowest BCUT2D eigenvalue weighted by atomic mass is 10.5. The van der Waals surface area contributed by atoms with Crippen molar-refractivity contribution in [3.05, 3.63) is 22.1 Å². The lowest BCUT2D eigenvalue weighted by molar-refractivity contribution is -0.392. The first-order valence-corrected chi connectivity index (χ1v) is 6.54. The fourth-order valence-corrected chi connectivity index (χ4v) is 1.80. The molecule has 8 nitrogen and oxygen atoms in total. The SMILES string of the molecule is CCN(CC)CC(=O)OCCn1c([N+](=O)[O-])cnc1C.Cl. The summed E-state index contributed by atoms with van der Waals surface area (Å²) in [6.45, 7) is 7.71. The molecule has 0 unspecified atom stereocenters. The number of carbonyl (C=O) groups is 1. The van der Waals surface area contributed by atoms with Gasteiger partial charge in [0.25, 0.3) is 0 Å². The van der Waals surface area contributed by atoms with Crippen LogP contribution in [0.4, 0.5) is 5.82 Å². The van der Waals surface area contributed by atoms with E-state index in [9.17, 15) is 14.9 Å². The molecular formula is C12H21ClN4O4. The Labute approximate surface area is 129 Å². The zero-order valence-electron chi connectivity index (χ0n) is 12.4. The number of likely N-dealkylation sites (N-methyl/N-ethyl adjacent to an activating group) is 1. The molecule has 0 bridgehead atoms. The van der Waals surface area contributed by atoms with Gasteiger partial charge in [-0.2, -0.15) is 0 Å². The summed E-state index contributed by atoms with van der Waals surface area (Å²) in [5, 5.41) is 10.8. The number of aromatic nitrogens is 2. The van der Waals surface area contributed by atoms with Crippen LogP contribution >= 0.6 is 12.4 Å². The summed E-state index contributed by atoms with van der Waals surface area (Å²) in [7, 11) is 0. The van der Waals surface area contributed by atoms with Gasteiger partial charge in [-0.1, -0.05) is 13.8 Å². The Kier molecular flexibility index (Phi) is 8.56. The monoisotopic (exact) mass is 320 g/mol. The summed E-state index contributed by atoms with van der Waals surface area (Å²) in [4.78, 5) is 27.7. The normalized spacial score (nSPS) is 10.3. The van der Waals surface area contributed by atoms with Gasteiger partial charge in [-0.25, -0.2) is 9.55 Å². The van der Waals surface area contributed by atoms with E-state index in [0.717, 1.165) is 13.1 Å². The Hall–Kier alpha value is -1.67. The van der Waals surface area contributed by atoms with Crippen LogP contribution in [-0.2, 0) is 16.1 Å². The van der Waals surface area contributed by atoms with Crippen molar-refractivity contribution in [2.24, 2.45) is 0 Å². The lowest BCUT2D eigenvalue weighted by Crippen LogP contribution is -2.31. The van der Waals surface area contributed by atoms with Crippen molar-refractivity contribution in [1.29, 1.82) is 0 Å². The van der Waals surface area contributed by atoms with Crippen molar-refractivity contribution in [2.75, 3.05) is 26.2 Å². The second-order valence-electron chi connectivity index (χ2n) is 4.25. The van der Waals surface area contributed by atoms with Crippen LogP contribution in [0.2, 0.25) is 0 Å². The minimum atomic E-state index is -0.502. The fourth-order valence-electron chi connectivity index (χ4n) is 1.80. The van der Waals surface area contributed by atoms with Crippen molar-refractivity contribution >= 4 is 24.2 Å². The number of imidazole rings is 1. The topological polar surface area (TPSA) is 90.5 Å².